The van der Waals surface area contributed by atoms with E-state index in [1.165, 1.54) is 10.7 Å². The summed E-state index contributed by atoms with van der Waals surface area (Å²) in [5.41, 5.74) is 0.957. The van der Waals surface area contributed by atoms with Crippen LogP contribution in [-0.2, 0) is 6.54 Å². The van der Waals surface area contributed by atoms with Crippen LogP contribution in [0.3, 0.4) is 0 Å². The fourth-order valence-electron chi connectivity index (χ4n) is 2.62. The Hall–Kier alpha value is -3.61. The largest absolute Gasteiger partial charge is 0.463 e. The van der Waals surface area contributed by atoms with Crippen molar-refractivity contribution in [1.29, 1.82) is 0 Å². The van der Waals surface area contributed by atoms with Crippen molar-refractivity contribution in [2.24, 2.45) is 0 Å². The number of rotatable bonds is 5. The summed E-state index contributed by atoms with van der Waals surface area (Å²) in [5, 5.41) is 7.85. The molecule has 0 aliphatic rings. The molecule has 7 heteroatoms. The van der Waals surface area contributed by atoms with E-state index >= 15 is 0 Å². The Morgan fingerprint density at radius 2 is 2.00 bits per heavy atom. The molecule has 0 unspecified atom stereocenters. The molecular formula is C19H15N3O4. The summed E-state index contributed by atoms with van der Waals surface area (Å²) in [7, 11) is 0. The monoisotopic (exact) mass is 349 g/mol. The lowest BCUT2D eigenvalue weighted by Gasteiger charge is -2.06. The van der Waals surface area contributed by atoms with Crippen molar-refractivity contribution < 1.29 is 13.6 Å². The first kappa shape index (κ1) is 15.9. The van der Waals surface area contributed by atoms with Gasteiger partial charge in [0, 0.05) is 18.0 Å². The number of hydrogen-bond acceptors (Lipinski definition) is 5. The molecule has 0 bridgehead atoms. The number of fused-ring (bicyclic) bond motifs is 1. The van der Waals surface area contributed by atoms with Gasteiger partial charge in [-0.1, -0.05) is 18.2 Å². The molecule has 26 heavy (non-hydrogen) atoms. The molecule has 0 saturated carbocycles. The number of aromatic nitrogens is 2. The molecule has 1 aromatic carbocycles. The molecule has 4 rings (SSSR count). The van der Waals surface area contributed by atoms with Crippen LogP contribution in [0.15, 0.2) is 74.5 Å². The molecule has 3 heterocycles. The van der Waals surface area contributed by atoms with Crippen LogP contribution in [0.2, 0.25) is 0 Å². The van der Waals surface area contributed by atoms with Gasteiger partial charge in [-0.05, 0) is 30.3 Å². The van der Waals surface area contributed by atoms with E-state index in [2.05, 4.69) is 10.4 Å². The highest BCUT2D eigenvalue weighted by Crippen LogP contribution is 2.18. The molecule has 130 valence electrons. The number of carbonyl (C=O) groups excluding carboxylic acids is 1. The van der Waals surface area contributed by atoms with Crippen molar-refractivity contribution in [3.05, 3.63) is 77.0 Å². The Morgan fingerprint density at radius 1 is 1.12 bits per heavy atom. The van der Waals surface area contributed by atoms with Gasteiger partial charge in [0.15, 0.2) is 11.5 Å². The molecule has 3 aromatic heterocycles. The molecule has 1 N–H and O–H groups in total. The third-order valence-electron chi connectivity index (χ3n) is 3.90. The number of furan rings is 2. The lowest BCUT2D eigenvalue weighted by atomic mass is 10.2. The van der Waals surface area contributed by atoms with E-state index in [9.17, 15) is 9.59 Å². The summed E-state index contributed by atoms with van der Waals surface area (Å²) in [4.78, 5) is 24.2. The summed E-state index contributed by atoms with van der Waals surface area (Å²) in [6.45, 7) is 0.476. The van der Waals surface area contributed by atoms with Gasteiger partial charge in [0.05, 0.1) is 12.8 Å². The van der Waals surface area contributed by atoms with Crippen LogP contribution in [0.25, 0.3) is 22.4 Å². The van der Waals surface area contributed by atoms with Crippen molar-refractivity contribution in [2.45, 2.75) is 6.54 Å². The zero-order valence-electron chi connectivity index (χ0n) is 13.7. The van der Waals surface area contributed by atoms with Crippen LogP contribution < -0.4 is 10.9 Å². The molecule has 0 aliphatic heterocycles. The van der Waals surface area contributed by atoms with Crippen molar-refractivity contribution in [3.63, 3.8) is 0 Å². The molecule has 0 atom stereocenters. The molecule has 7 nitrogen and oxygen atoms in total. The maximum atomic E-state index is 12.2. The zero-order chi connectivity index (χ0) is 17.9. The van der Waals surface area contributed by atoms with Crippen molar-refractivity contribution in [1.82, 2.24) is 15.1 Å². The summed E-state index contributed by atoms with van der Waals surface area (Å²) in [6, 6.07) is 15.6. The van der Waals surface area contributed by atoms with E-state index in [4.69, 9.17) is 8.83 Å². The maximum absolute atomic E-state index is 12.2. The van der Waals surface area contributed by atoms with Gasteiger partial charge in [-0.15, -0.1) is 0 Å². The fourth-order valence-corrected chi connectivity index (χ4v) is 2.62. The van der Waals surface area contributed by atoms with Gasteiger partial charge < -0.3 is 14.2 Å². The van der Waals surface area contributed by atoms with Crippen molar-refractivity contribution in [2.75, 3.05) is 6.54 Å². The van der Waals surface area contributed by atoms with Crippen LogP contribution in [-0.4, -0.2) is 22.2 Å². The van der Waals surface area contributed by atoms with Crippen molar-refractivity contribution >= 4 is 16.9 Å². The highest BCUT2D eigenvalue weighted by atomic mass is 16.3. The van der Waals surface area contributed by atoms with Crippen molar-refractivity contribution in [3.8, 4) is 11.5 Å². The summed E-state index contributed by atoms with van der Waals surface area (Å²) in [6.07, 6.45) is 1.54. The second-order valence-electron chi connectivity index (χ2n) is 5.66. The van der Waals surface area contributed by atoms with Gasteiger partial charge in [0.25, 0.3) is 11.5 Å². The first-order valence-corrected chi connectivity index (χ1v) is 8.09. The molecule has 0 radical (unpaired) electrons. The van der Waals surface area contributed by atoms with E-state index in [-0.39, 0.29) is 30.3 Å². The third kappa shape index (κ3) is 3.14. The summed E-state index contributed by atoms with van der Waals surface area (Å²) < 4.78 is 12.1. The van der Waals surface area contributed by atoms with Gasteiger partial charge in [-0.3, -0.25) is 9.59 Å². The zero-order valence-corrected chi connectivity index (χ0v) is 13.7. The lowest BCUT2D eigenvalue weighted by molar-refractivity contribution is 0.0926. The minimum atomic E-state index is -0.337. The Balaban J connectivity index is 1.43. The molecule has 0 spiro atoms. The average molecular weight is 349 g/mol. The number of nitrogens with one attached hydrogen (secondary N) is 1. The molecule has 1 amide bonds. The van der Waals surface area contributed by atoms with Crippen LogP contribution in [0.5, 0.6) is 0 Å². The Morgan fingerprint density at radius 3 is 2.81 bits per heavy atom. The second-order valence-corrected chi connectivity index (χ2v) is 5.66. The Bertz CT molecular complexity index is 1080. The fraction of sp³-hybridized carbons (Fsp3) is 0.105. The van der Waals surface area contributed by atoms with Crippen LogP contribution >= 0.6 is 0 Å². The van der Waals surface area contributed by atoms with E-state index in [0.717, 1.165) is 5.39 Å². The quantitative estimate of drug-likeness (QED) is 0.598. The molecule has 0 fully saturated rings. The van der Waals surface area contributed by atoms with E-state index in [1.54, 1.807) is 36.6 Å². The number of para-hydroxylation sites is 1. The number of nitrogens with zero attached hydrogens (tertiary/aromatic N) is 2. The minimum Gasteiger partial charge on any atom is -0.463 e. The first-order chi connectivity index (χ1) is 12.7. The Labute approximate surface area is 147 Å². The van der Waals surface area contributed by atoms with Gasteiger partial charge in [0.2, 0.25) is 0 Å². The predicted molar refractivity (Wildman–Crippen MR) is 94.7 cm³/mol. The molecule has 4 aromatic rings. The lowest BCUT2D eigenvalue weighted by Crippen LogP contribution is -2.31. The predicted octanol–water partition coefficient (Wildman–Crippen LogP) is 2.68. The number of carbonyl (C=O) groups is 1. The summed E-state index contributed by atoms with van der Waals surface area (Å²) >= 11 is 0. The number of amides is 1. The van der Waals surface area contributed by atoms with E-state index in [0.29, 0.717) is 17.0 Å². The van der Waals surface area contributed by atoms with Gasteiger partial charge >= 0.3 is 0 Å². The highest BCUT2D eigenvalue weighted by Gasteiger charge is 2.12. The first-order valence-electron chi connectivity index (χ1n) is 8.09. The highest BCUT2D eigenvalue weighted by molar-refractivity contribution is 5.96. The normalized spacial score (nSPS) is 10.9. The third-order valence-corrected chi connectivity index (χ3v) is 3.90. The standard InChI is InChI=1S/C19H15N3O4/c23-18-8-7-14(16-6-3-11-25-16)21-22(18)10-9-20-19(24)17-12-13-4-1-2-5-15(13)26-17/h1-8,11-12H,9-10H2,(H,20,24). The second kappa shape index (κ2) is 6.72. The smallest absolute Gasteiger partial charge is 0.287 e. The van der Waals surface area contributed by atoms with E-state index in [1.807, 2.05) is 18.2 Å². The summed E-state index contributed by atoms with van der Waals surface area (Å²) in [5.74, 6) is 0.470. The maximum Gasteiger partial charge on any atom is 0.287 e. The molecular weight excluding hydrogens is 334 g/mol. The van der Waals surface area contributed by atoms with Gasteiger partial charge in [-0.25, -0.2) is 4.68 Å². The molecule has 0 aliphatic carbocycles. The average Bonchev–Trinajstić information content (AvgIpc) is 3.32. The van der Waals surface area contributed by atoms with E-state index < -0.39 is 0 Å². The number of benzene rings is 1. The molecule has 0 saturated heterocycles. The minimum absolute atomic E-state index is 0.232. The SMILES string of the molecule is O=C(NCCn1nc(-c2ccco2)ccc1=O)c1cc2ccccc2o1. The number of hydrogen-bond donors (Lipinski definition) is 1. The van der Waals surface area contributed by atoms with Crippen LogP contribution in [0.1, 0.15) is 10.6 Å². The Kier molecular flexibility index (Phi) is 4.10. The van der Waals surface area contributed by atoms with Gasteiger partial charge in [-0.2, -0.15) is 5.10 Å². The van der Waals surface area contributed by atoms with Crippen LogP contribution in [0, 0.1) is 0 Å². The van der Waals surface area contributed by atoms with Crippen LogP contribution in [0.4, 0.5) is 0 Å². The topological polar surface area (TPSA) is 90.3 Å². The van der Waals surface area contributed by atoms with Gasteiger partial charge in [0.1, 0.15) is 11.3 Å².